The Kier molecular flexibility index (Phi) is 15.2. The van der Waals surface area contributed by atoms with Gasteiger partial charge in [0.2, 0.25) is 0 Å². The molecule has 0 aliphatic heterocycles. The van der Waals surface area contributed by atoms with Gasteiger partial charge < -0.3 is 15.1 Å². The molecule has 0 rings (SSSR count). The molecule has 0 aromatic rings. The van der Waals surface area contributed by atoms with E-state index in [1.165, 1.54) is 0 Å². The SMILES string of the molecule is OB(O)O.[Cl][Mn]. The van der Waals surface area contributed by atoms with Crippen LogP contribution in [0.3, 0.4) is 0 Å². The van der Waals surface area contributed by atoms with Crippen molar-refractivity contribution >= 4 is 17.4 Å². The molecule has 3 N–H and O–H groups in total. The first-order chi connectivity index (χ1) is 2.73. The van der Waals surface area contributed by atoms with E-state index in [2.05, 4.69) is 25.2 Å². The monoisotopic (exact) mass is 152 g/mol. The van der Waals surface area contributed by atoms with Crippen LogP contribution in [-0.2, 0) is 15.1 Å². The van der Waals surface area contributed by atoms with Gasteiger partial charge in [-0.3, -0.25) is 0 Å². The summed E-state index contributed by atoms with van der Waals surface area (Å²) in [7, 11) is 2.28. The summed E-state index contributed by atoms with van der Waals surface area (Å²) >= 11 is 2.41. The van der Waals surface area contributed by atoms with Crippen molar-refractivity contribution in [2.45, 2.75) is 0 Å². The predicted molar refractivity (Wildman–Crippen MR) is 18.3 cm³/mol. The average molecular weight is 152 g/mol. The first kappa shape index (κ1) is 9.89. The van der Waals surface area contributed by atoms with Gasteiger partial charge in [0.15, 0.2) is 0 Å². The predicted octanol–water partition coefficient (Wildman–Crippen LogP) is -1.36. The number of rotatable bonds is 0. The van der Waals surface area contributed by atoms with Gasteiger partial charge in [0.1, 0.15) is 0 Å². The first-order valence-corrected chi connectivity index (χ1v) is 2.54. The molecular formula is H3BClMnO3. The van der Waals surface area contributed by atoms with E-state index < -0.39 is 7.32 Å². The molecule has 6 heteroatoms. The minimum absolute atomic E-state index is 2.17. The van der Waals surface area contributed by atoms with Crippen molar-refractivity contribution in [2.24, 2.45) is 0 Å². The van der Waals surface area contributed by atoms with Gasteiger partial charge in [0.05, 0.1) is 0 Å². The van der Waals surface area contributed by atoms with Gasteiger partial charge in [0, 0.05) is 0 Å². The van der Waals surface area contributed by atoms with Crippen molar-refractivity contribution in [3.05, 3.63) is 0 Å². The fourth-order valence-electron chi connectivity index (χ4n) is 0. The summed E-state index contributed by atoms with van der Waals surface area (Å²) in [6.45, 7) is 0. The van der Waals surface area contributed by atoms with Crippen LogP contribution in [0.25, 0.3) is 0 Å². The maximum atomic E-state index is 7.17. The van der Waals surface area contributed by atoms with Gasteiger partial charge in [-0.1, -0.05) is 0 Å². The van der Waals surface area contributed by atoms with Crippen molar-refractivity contribution in [3.8, 4) is 0 Å². The summed E-state index contributed by atoms with van der Waals surface area (Å²) in [5.74, 6) is 0. The van der Waals surface area contributed by atoms with Crippen molar-refractivity contribution in [1.82, 2.24) is 0 Å². The van der Waals surface area contributed by atoms with Gasteiger partial charge in [0.25, 0.3) is 0 Å². The van der Waals surface area contributed by atoms with Crippen LogP contribution < -0.4 is 0 Å². The van der Waals surface area contributed by atoms with E-state index in [1.54, 1.807) is 0 Å². The molecule has 0 aromatic carbocycles. The van der Waals surface area contributed by atoms with Gasteiger partial charge >= 0.3 is 32.5 Å². The molecule has 0 aromatic heterocycles. The fraction of sp³-hybridized carbons (Fsp3) is 0. The molecule has 0 aliphatic carbocycles. The Morgan fingerprint density at radius 2 is 1.17 bits per heavy atom. The molecule has 0 radical (unpaired) electrons. The molecule has 0 fully saturated rings. The maximum absolute atomic E-state index is 7.17. The van der Waals surface area contributed by atoms with E-state index in [0.717, 1.165) is 0 Å². The molecule has 38 valence electrons. The van der Waals surface area contributed by atoms with Crippen LogP contribution in [0.1, 0.15) is 0 Å². The molecule has 0 aliphatic rings. The average Bonchev–Trinajstić information content (AvgIpc) is 1.41. The second-order valence-corrected chi connectivity index (χ2v) is 0.346. The summed E-state index contributed by atoms with van der Waals surface area (Å²) < 4.78 is 0. The normalized spacial score (nSPS) is 5.50. The van der Waals surface area contributed by atoms with E-state index in [9.17, 15) is 0 Å². The third-order valence-electron chi connectivity index (χ3n) is 0. The van der Waals surface area contributed by atoms with Gasteiger partial charge in [-0.05, 0) is 0 Å². The van der Waals surface area contributed by atoms with Crippen LogP contribution in [0.2, 0.25) is 0 Å². The Morgan fingerprint density at radius 1 is 1.17 bits per heavy atom. The van der Waals surface area contributed by atoms with E-state index >= 15 is 0 Å². The molecule has 0 saturated carbocycles. The Hall–Kier alpha value is 0.754. The fourth-order valence-corrected chi connectivity index (χ4v) is 0. The topological polar surface area (TPSA) is 60.7 Å². The molecule has 0 amide bonds. The van der Waals surface area contributed by atoms with Gasteiger partial charge in [-0.25, -0.2) is 0 Å². The third kappa shape index (κ3) is 118. The molecule has 0 heterocycles. The minimum atomic E-state index is -2.17. The molecule has 6 heavy (non-hydrogen) atoms. The van der Waals surface area contributed by atoms with Crippen LogP contribution in [0, 0.1) is 0 Å². The molecule has 0 atom stereocenters. The molecule has 0 bridgehead atoms. The quantitative estimate of drug-likeness (QED) is 0.376. The van der Waals surface area contributed by atoms with Crippen molar-refractivity contribution in [3.63, 3.8) is 0 Å². The summed E-state index contributed by atoms with van der Waals surface area (Å²) in [5.41, 5.74) is 0. The Morgan fingerprint density at radius 3 is 1.17 bits per heavy atom. The van der Waals surface area contributed by atoms with Crippen molar-refractivity contribution in [2.75, 3.05) is 0 Å². The molecular weight excluding hydrogens is 149 g/mol. The number of halogens is 1. The van der Waals surface area contributed by atoms with E-state index in [-0.39, 0.29) is 0 Å². The summed E-state index contributed by atoms with van der Waals surface area (Å²) in [5, 5.41) is 21.5. The first-order valence-electron chi connectivity index (χ1n) is 0.917. The third-order valence-corrected chi connectivity index (χ3v) is 0. The Labute approximate surface area is 48.2 Å². The van der Waals surface area contributed by atoms with Crippen LogP contribution in [0.4, 0.5) is 0 Å². The zero-order valence-electron chi connectivity index (χ0n) is 2.67. The summed E-state index contributed by atoms with van der Waals surface area (Å²) in [6, 6.07) is 0. The van der Waals surface area contributed by atoms with E-state index in [4.69, 9.17) is 15.1 Å². The zero-order valence-corrected chi connectivity index (χ0v) is 4.61. The van der Waals surface area contributed by atoms with Crippen molar-refractivity contribution < 1.29 is 30.2 Å². The second kappa shape index (κ2) is 9.23. The summed E-state index contributed by atoms with van der Waals surface area (Å²) in [4.78, 5) is 0. The van der Waals surface area contributed by atoms with Gasteiger partial charge in [-0.15, -0.1) is 0 Å². The molecule has 3 nitrogen and oxygen atoms in total. The standard InChI is InChI=1S/BH3O3.ClH.Mn/c2-1(3)4;;/h2-4H;1H;/q;;+1/p-1. The Bertz CT molecular complexity index is 15.5. The van der Waals surface area contributed by atoms with E-state index in [1.807, 2.05) is 0 Å². The number of hydrogen-bond donors (Lipinski definition) is 3. The molecule has 0 saturated heterocycles. The zero-order chi connectivity index (χ0) is 5.58. The summed E-state index contributed by atoms with van der Waals surface area (Å²) in [6.07, 6.45) is 0. The second-order valence-electron chi connectivity index (χ2n) is 0.346. The van der Waals surface area contributed by atoms with Crippen LogP contribution in [0.5, 0.6) is 0 Å². The van der Waals surface area contributed by atoms with Crippen molar-refractivity contribution in [1.29, 1.82) is 0 Å². The number of hydrogen-bond acceptors (Lipinski definition) is 3. The van der Waals surface area contributed by atoms with E-state index in [0.29, 0.717) is 0 Å². The van der Waals surface area contributed by atoms with Crippen LogP contribution in [-0.4, -0.2) is 22.4 Å². The van der Waals surface area contributed by atoms with Crippen LogP contribution in [0.15, 0.2) is 0 Å². The van der Waals surface area contributed by atoms with Gasteiger partial charge in [-0.2, -0.15) is 0 Å². The Balaban J connectivity index is 0. The molecule has 0 spiro atoms. The molecule has 0 unspecified atom stereocenters. The van der Waals surface area contributed by atoms with Crippen LogP contribution >= 0.6 is 10.1 Å².